The number of piperidine rings is 1. The van der Waals surface area contributed by atoms with Crippen molar-refractivity contribution < 1.29 is 18.4 Å². The third-order valence-corrected chi connectivity index (χ3v) is 5.63. The van der Waals surface area contributed by atoms with Gasteiger partial charge in [0.15, 0.2) is 11.6 Å². The number of aromatic nitrogens is 4. The molecule has 0 aliphatic carbocycles. The number of halogens is 1. The molecule has 2 aliphatic heterocycles. The summed E-state index contributed by atoms with van der Waals surface area (Å²) in [5.41, 5.74) is 2.04. The van der Waals surface area contributed by atoms with E-state index in [4.69, 9.17) is 9.26 Å². The first-order valence-corrected chi connectivity index (χ1v) is 10.2. The van der Waals surface area contributed by atoms with Gasteiger partial charge >= 0.3 is 0 Å². The van der Waals surface area contributed by atoms with Crippen molar-refractivity contribution in [3.63, 3.8) is 0 Å². The summed E-state index contributed by atoms with van der Waals surface area (Å²) in [6, 6.07) is 4.68. The molecule has 2 aliphatic rings. The summed E-state index contributed by atoms with van der Waals surface area (Å²) in [7, 11) is 1.42. The van der Waals surface area contributed by atoms with E-state index in [-0.39, 0.29) is 30.4 Å². The van der Waals surface area contributed by atoms with Crippen LogP contribution in [-0.2, 0) is 17.6 Å². The van der Waals surface area contributed by atoms with E-state index in [1.807, 2.05) is 0 Å². The topological polar surface area (TPSA) is 107 Å². The van der Waals surface area contributed by atoms with E-state index in [9.17, 15) is 9.18 Å². The zero-order chi connectivity index (χ0) is 21.4. The molecule has 1 amide bonds. The standard InChI is InChI=1S/C21H21FN6O3/c1-30-17-3-2-12(8-15(17)22)9-19-26-20(27-31-19)14-11-24-28-16(14)10-18(29)25-21(28)13-4-6-23-7-5-13/h2-3,8,11,13,23H,4-7,9-10H2,1H3. The van der Waals surface area contributed by atoms with Crippen LogP contribution in [-0.4, -0.2) is 51.9 Å². The molecule has 2 aromatic heterocycles. The van der Waals surface area contributed by atoms with E-state index in [0.717, 1.165) is 31.6 Å². The lowest BCUT2D eigenvalue weighted by molar-refractivity contribution is -0.117. The average Bonchev–Trinajstić information content (AvgIpc) is 3.40. The first-order chi connectivity index (χ1) is 15.1. The Kier molecular flexibility index (Phi) is 5.06. The smallest absolute Gasteiger partial charge is 0.253 e. The van der Waals surface area contributed by atoms with Gasteiger partial charge in [0.05, 0.1) is 37.4 Å². The molecular formula is C21H21FN6O3. The highest BCUT2D eigenvalue weighted by Gasteiger charge is 2.30. The lowest BCUT2D eigenvalue weighted by Crippen LogP contribution is -2.38. The van der Waals surface area contributed by atoms with Crippen LogP contribution in [0.5, 0.6) is 5.75 Å². The monoisotopic (exact) mass is 424 g/mol. The fourth-order valence-electron chi connectivity index (χ4n) is 4.06. The summed E-state index contributed by atoms with van der Waals surface area (Å²) in [6.07, 6.45) is 3.87. The molecule has 1 N–H and O–H groups in total. The van der Waals surface area contributed by atoms with Crippen LogP contribution in [0.15, 0.2) is 33.9 Å². The zero-order valence-corrected chi connectivity index (χ0v) is 17.0. The van der Waals surface area contributed by atoms with Crippen LogP contribution in [0, 0.1) is 11.7 Å². The third kappa shape index (κ3) is 3.74. The highest BCUT2D eigenvalue weighted by molar-refractivity contribution is 6.01. The number of hydrogen-bond acceptors (Lipinski definition) is 7. The Labute approximate surface area is 177 Å². The first kappa shape index (κ1) is 19.6. The Morgan fingerprint density at radius 2 is 2.16 bits per heavy atom. The minimum absolute atomic E-state index is 0.136. The van der Waals surface area contributed by atoms with Gasteiger partial charge in [0, 0.05) is 5.92 Å². The van der Waals surface area contributed by atoms with Gasteiger partial charge in [-0.05, 0) is 43.6 Å². The molecule has 4 heterocycles. The molecule has 0 unspecified atom stereocenters. The molecule has 0 bridgehead atoms. The molecule has 3 aromatic rings. The van der Waals surface area contributed by atoms with Crippen molar-refractivity contribution in [2.45, 2.75) is 25.7 Å². The van der Waals surface area contributed by atoms with E-state index in [0.29, 0.717) is 28.7 Å². The molecule has 10 heteroatoms. The Bertz CT molecular complexity index is 1160. The van der Waals surface area contributed by atoms with Crippen molar-refractivity contribution in [1.29, 1.82) is 0 Å². The minimum atomic E-state index is -0.450. The largest absolute Gasteiger partial charge is 0.494 e. The number of carbonyl (C=O) groups excluding carboxylic acids is 1. The van der Waals surface area contributed by atoms with Gasteiger partial charge in [0.1, 0.15) is 5.84 Å². The number of rotatable bonds is 5. The summed E-state index contributed by atoms with van der Waals surface area (Å²) in [6.45, 7) is 1.78. The van der Waals surface area contributed by atoms with Crippen LogP contribution in [0.4, 0.5) is 4.39 Å². The van der Waals surface area contributed by atoms with Crippen LogP contribution in [0.25, 0.3) is 11.4 Å². The SMILES string of the molecule is COc1ccc(Cc2nc(-c3cnn4c3CC(=O)N=C4C3CCNCC3)no2)cc1F. The number of nitrogens with zero attached hydrogens (tertiary/aromatic N) is 5. The maximum atomic E-state index is 13.9. The highest BCUT2D eigenvalue weighted by atomic mass is 19.1. The Morgan fingerprint density at radius 1 is 1.32 bits per heavy atom. The van der Waals surface area contributed by atoms with Gasteiger partial charge in [0.2, 0.25) is 11.7 Å². The lowest BCUT2D eigenvalue weighted by Gasteiger charge is -2.26. The van der Waals surface area contributed by atoms with Gasteiger partial charge in [-0.2, -0.15) is 15.1 Å². The molecular weight excluding hydrogens is 403 g/mol. The average molecular weight is 424 g/mol. The Balaban J connectivity index is 1.41. The number of fused-ring (bicyclic) bond motifs is 1. The van der Waals surface area contributed by atoms with Gasteiger partial charge < -0.3 is 14.6 Å². The second-order valence-electron chi connectivity index (χ2n) is 7.64. The molecule has 0 atom stereocenters. The van der Waals surface area contributed by atoms with Crippen LogP contribution in [0.3, 0.4) is 0 Å². The summed E-state index contributed by atoms with van der Waals surface area (Å²) in [4.78, 5) is 21.1. The summed E-state index contributed by atoms with van der Waals surface area (Å²) in [5, 5.41) is 11.9. The van der Waals surface area contributed by atoms with Crippen molar-refractivity contribution in [1.82, 2.24) is 25.2 Å². The van der Waals surface area contributed by atoms with Crippen molar-refractivity contribution in [3.05, 3.63) is 47.4 Å². The van der Waals surface area contributed by atoms with E-state index in [2.05, 4.69) is 25.5 Å². The van der Waals surface area contributed by atoms with Crippen LogP contribution in [0.1, 0.15) is 30.0 Å². The summed E-state index contributed by atoms with van der Waals surface area (Å²) >= 11 is 0. The molecule has 9 nitrogen and oxygen atoms in total. The predicted octanol–water partition coefficient (Wildman–Crippen LogP) is 2.00. The normalized spacial score (nSPS) is 16.8. The summed E-state index contributed by atoms with van der Waals surface area (Å²) in [5.74, 6) is 1.10. The van der Waals surface area contributed by atoms with Crippen LogP contribution in [0.2, 0.25) is 0 Å². The fraction of sp³-hybridized carbons (Fsp3) is 0.381. The third-order valence-electron chi connectivity index (χ3n) is 5.63. The van der Waals surface area contributed by atoms with Crippen LogP contribution >= 0.6 is 0 Å². The van der Waals surface area contributed by atoms with Crippen molar-refractivity contribution >= 4 is 11.7 Å². The summed E-state index contributed by atoms with van der Waals surface area (Å²) < 4.78 is 26.0. The predicted molar refractivity (Wildman–Crippen MR) is 108 cm³/mol. The second-order valence-corrected chi connectivity index (χ2v) is 7.64. The van der Waals surface area contributed by atoms with Gasteiger partial charge in [-0.1, -0.05) is 11.2 Å². The van der Waals surface area contributed by atoms with Crippen LogP contribution < -0.4 is 10.1 Å². The number of hydrogen-bond donors (Lipinski definition) is 1. The van der Waals surface area contributed by atoms with E-state index in [1.54, 1.807) is 23.0 Å². The van der Waals surface area contributed by atoms with Gasteiger partial charge in [-0.25, -0.2) is 9.07 Å². The molecule has 1 saturated heterocycles. The minimum Gasteiger partial charge on any atom is -0.494 e. The fourth-order valence-corrected chi connectivity index (χ4v) is 4.06. The van der Waals surface area contributed by atoms with Gasteiger partial charge in [-0.15, -0.1) is 0 Å². The second kappa shape index (κ2) is 8.03. The molecule has 31 heavy (non-hydrogen) atoms. The lowest BCUT2D eigenvalue weighted by atomic mass is 9.95. The number of amides is 1. The van der Waals surface area contributed by atoms with E-state index in [1.165, 1.54) is 13.2 Å². The van der Waals surface area contributed by atoms with Crippen molar-refractivity contribution in [2.24, 2.45) is 10.9 Å². The number of nitrogens with one attached hydrogen (secondary N) is 1. The number of methoxy groups -OCH3 is 1. The maximum absolute atomic E-state index is 13.9. The van der Waals surface area contributed by atoms with Gasteiger partial charge in [0.25, 0.3) is 5.91 Å². The molecule has 1 aromatic carbocycles. The molecule has 0 radical (unpaired) electrons. The molecule has 1 fully saturated rings. The van der Waals surface area contributed by atoms with E-state index < -0.39 is 5.82 Å². The number of carbonyl (C=O) groups is 1. The van der Waals surface area contributed by atoms with Crippen molar-refractivity contribution in [3.8, 4) is 17.1 Å². The molecule has 160 valence electrons. The molecule has 5 rings (SSSR count). The van der Waals surface area contributed by atoms with Gasteiger partial charge in [-0.3, -0.25) is 4.79 Å². The zero-order valence-electron chi connectivity index (χ0n) is 17.0. The number of ether oxygens (including phenoxy) is 1. The first-order valence-electron chi connectivity index (χ1n) is 10.2. The van der Waals surface area contributed by atoms with Crippen molar-refractivity contribution in [2.75, 3.05) is 20.2 Å². The molecule has 0 spiro atoms. The van der Waals surface area contributed by atoms with E-state index >= 15 is 0 Å². The molecule has 0 saturated carbocycles. The quantitative estimate of drug-likeness (QED) is 0.667. The Hall–Kier alpha value is -3.40. The maximum Gasteiger partial charge on any atom is 0.253 e. The number of benzene rings is 1. The number of aliphatic imine (C=N–C) groups is 1. The highest BCUT2D eigenvalue weighted by Crippen LogP contribution is 2.27. The Morgan fingerprint density at radius 3 is 2.94 bits per heavy atom.